The molecule has 2 aromatic heterocycles. The minimum absolute atomic E-state index is 0.133. The van der Waals surface area contributed by atoms with Gasteiger partial charge in [-0.05, 0) is 40.9 Å². The lowest BCUT2D eigenvalue weighted by molar-refractivity contribution is 0.616. The monoisotopic (exact) mass is 313 g/mol. The Morgan fingerprint density at radius 3 is 2.94 bits per heavy atom. The molecular weight excluding hydrogens is 298 g/mol. The van der Waals surface area contributed by atoms with Crippen molar-refractivity contribution in [1.82, 2.24) is 9.55 Å². The molecule has 3 nitrogen and oxygen atoms in total. The fourth-order valence-electron chi connectivity index (χ4n) is 1.79. The summed E-state index contributed by atoms with van der Waals surface area (Å²) in [5, 5.41) is 0. The first kappa shape index (κ1) is 12.8. The second-order valence-corrected chi connectivity index (χ2v) is 6.46. The number of imidazole rings is 1. The normalized spacial score (nSPS) is 12.9. The summed E-state index contributed by atoms with van der Waals surface area (Å²) in [6.07, 6.45) is 4.90. The van der Waals surface area contributed by atoms with E-state index in [1.807, 2.05) is 12.4 Å². The van der Waals surface area contributed by atoms with Gasteiger partial charge in [0.2, 0.25) is 0 Å². The molecule has 2 N–H and O–H groups in total. The van der Waals surface area contributed by atoms with Crippen molar-refractivity contribution in [2.24, 2.45) is 5.73 Å². The number of halogens is 1. The second-order valence-electron chi connectivity index (χ2n) is 4.06. The van der Waals surface area contributed by atoms with Gasteiger partial charge in [0.1, 0.15) is 5.82 Å². The van der Waals surface area contributed by atoms with Gasteiger partial charge in [0.15, 0.2) is 0 Å². The predicted octanol–water partition coefficient (Wildman–Crippen LogP) is 3.47. The van der Waals surface area contributed by atoms with Gasteiger partial charge < -0.3 is 10.3 Å². The lowest BCUT2D eigenvalue weighted by Gasteiger charge is -2.11. The van der Waals surface area contributed by atoms with Gasteiger partial charge >= 0.3 is 0 Å². The molecule has 92 valence electrons. The van der Waals surface area contributed by atoms with Crippen molar-refractivity contribution in [1.29, 1.82) is 0 Å². The largest absolute Gasteiger partial charge is 0.333 e. The summed E-state index contributed by atoms with van der Waals surface area (Å²) in [4.78, 5) is 5.53. The Kier molecular flexibility index (Phi) is 4.01. The zero-order valence-electron chi connectivity index (χ0n) is 9.98. The molecule has 0 fully saturated rings. The van der Waals surface area contributed by atoms with Crippen LogP contribution in [0.5, 0.6) is 0 Å². The minimum atomic E-state index is -0.133. The third kappa shape index (κ3) is 2.61. The minimum Gasteiger partial charge on any atom is -0.333 e. The number of rotatable bonds is 4. The van der Waals surface area contributed by atoms with E-state index in [1.165, 1.54) is 5.56 Å². The molecule has 2 rings (SSSR count). The maximum absolute atomic E-state index is 6.28. The maximum atomic E-state index is 6.28. The number of hydrogen-bond donors (Lipinski definition) is 1. The first-order chi connectivity index (χ1) is 8.13. The summed E-state index contributed by atoms with van der Waals surface area (Å²) in [5.41, 5.74) is 7.51. The molecule has 0 amide bonds. The number of nitrogens with two attached hydrogens (primary N) is 1. The zero-order valence-corrected chi connectivity index (χ0v) is 12.4. The van der Waals surface area contributed by atoms with Crippen molar-refractivity contribution in [2.75, 3.05) is 0 Å². The highest BCUT2D eigenvalue weighted by molar-refractivity contribution is 9.11. The molecule has 2 heterocycles. The molecule has 0 bridgehead atoms. The van der Waals surface area contributed by atoms with Crippen molar-refractivity contribution in [2.45, 2.75) is 32.9 Å². The van der Waals surface area contributed by atoms with Crippen LogP contribution in [0.2, 0.25) is 0 Å². The van der Waals surface area contributed by atoms with E-state index < -0.39 is 0 Å². The molecule has 17 heavy (non-hydrogen) atoms. The first-order valence-electron chi connectivity index (χ1n) is 5.66. The smallest absolute Gasteiger partial charge is 0.131 e. The van der Waals surface area contributed by atoms with Crippen LogP contribution in [0, 0.1) is 6.92 Å². The molecule has 0 radical (unpaired) electrons. The summed E-state index contributed by atoms with van der Waals surface area (Å²) in [6, 6.07) is 2.00. The van der Waals surface area contributed by atoms with E-state index >= 15 is 0 Å². The highest BCUT2D eigenvalue weighted by Crippen LogP contribution is 2.32. The fraction of sp³-hybridized carbons (Fsp3) is 0.417. The lowest BCUT2D eigenvalue weighted by Crippen LogP contribution is -2.16. The topological polar surface area (TPSA) is 43.8 Å². The molecule has 0 aromatic carbocycles. The predicted molar refractivity (Wildman–Crippen MR) is 75.3 cm³/mol. The summed E-state index contributed by atoms with van der Waals surface area (Å²) < 4.78 is 3.28. The number of aromatic nitrogens is 2. The van der Waals surface area contributed by atoms with Crippen LogP contribution in [-0.2, 0) is 6.54 Å². The van der Waals surface area contributed by atoms with Crippen LogP contribution >= 0.6 is 27.3 Å². The van der Waals surface area contributed by atoms with Gasteiger partial charge in [0.05, 0.1) is 9.83 Å². The van der Waals surface area contributed by atoms with E-state index in [0.29, 0.717) is 0 Å². The van der Waals surface area contributed by atoms with Gasteiger partial charge in [0.25, 0.3) is 0 Å². The van der Waals surface area contributed by atoms with Crippen molar-refractivity contribution in [3.63, 3.8) is 0 Å². The van der Waals surface area contributed by atoms with Gasteiger partial charge in [-0.1, -0.05) is 6.92 Å². The third-order valence-corrected chi connectivity index (χ3v) is 4.89. The standard InChI is InChI=1S/C12H16BrN3S/c1-3-5-16-6-4-15-12(16)10(14)9-7-8(2)11(13)17-9/h4,6-7,10H,3,5,14H2,1-2H3. The fourth-order valence-corrected chi connectivity index (χ4v) is 3.36. The number of hydrogen-bond acceptors (Lipinski definition) is 3. The first-order valence-corrected chi connectivity index (χ1v) is 7.27. The third-order valence-electron chi connectivity index (χ3n) is 2.67. The molecule has 1 atom stereocenters. The van der Waals surface area contributed by atoms with Gasteiger partial charge in [-0.15, -0.1) is 11.3 Å². The van der Waals surface area contributed by atoms with Crippen LogP contribution in [0.15, 0.2) is 22.2 Å². The van der Waals surface area contributed by atoms with Crippen molar-refractivity contribution >= 4 is 27.3 Å². The zero-order chi connectivity index (χ0) is 12.4. The van der Waals surface area contributed by atoms with Crippen molar-refractivity contribution < 1.29 is 0 Å². The molecule has 0 aliphatic heterocycles. The van der Waals surface area contributed by atoms with Crippen LogP contribution in [0.3, 0.4) is 0 Å². The summed E-state index contributed by atoms with van der Waals surface area (Å²) in [7, 11) is 0. The van der Waals surface area contributed by atoms with Crippen LogP contribution in [-0.4, -0.2) is 9.55 Å². The SMILES string of the molecule is CCCn1ccnc1C(N)c1cc(C)c(Br)s1. The molecular formula is C12H16BrN3S. The van der Waals surface area contributed by atoms with E-state index in [4.69, 9.17) is 5.73 Å². The van der Waals surface area contributed by atoms with Crippen molar-refractivity contribution in [3.8, 4) is 0 Å². The Labute approximate surface area is 114 Å². The Morgan fingerprint density at radius 2 is 2.35 bits per heavy atom. The van der Waals surface area contributed by atoms with Gasteiger partial charge in [0, 0.05) is 23.8 Å². The lowest BCUT2D eigenvalue weighted by atomic mass is 10.2. The van der Waals surface area contributed by atoms with Crippen LogP contribution < -0.4 is 5.73 Å². The van der Waals surface area contributed by atoms with E-state index in [1.54, 1.807) is 11.3 Å². The van der Waals surface area contributed by atoms with E-state index in [2.05, 4.69) is 45.4 Å². The van der Waals surface area contributed by atoms with Crippen LogP contribution in [0.1, 0.15) is 35.7 Å². The quantitative estimate of drug-likeness (QED) is 0.939. The Morgan fingerprint density at radius 1 is 1.59 bits per heavy atom. The highest BCUT2D eigenvalue weighted by atomic mass is 79.9. The van der Waals surface area contributed by atoms with E-state index in [9.17, 15) is 0 Å². The van der Waals surface area contributed by atoms with Gasteiger partial charge in [-0.3, -0.25) is 0 Å². The van der Waals surface area contributed by atoms with Crippen molar-refractivity contribution in [3.05, 3.63) is 38.5 Å². The van der Waals surface area contributed by atoms with Crippen LogP contribution in [0.25, 0.3) is 0 Å². The molecule has 0 aliphatic carbocycles. The van der Waals surface area contributed by atoms with E-state index in [0.717, 1.165) is 27.5 Å². The highest BCUT2D eigenvalue weighted by Gasteiger charge is 2.17. The molecule has 2 aromatic rings. The summed E-state index contributed by atoms with van der Waals surface area (Å²) in [5.74, 6) is 0.945. The molecule has 5 heteroatoms. The molecule has 1 unspecified atom stereocenters. The number of aryl methyl sites for hydroxylation is 2. The average molecular weight is 314 g/mol. The number of thiophene rings is 1. The maximum Gasteiger partial charge on any atom is 0.131 e. The van der Waals surface area contributed by atoms with Gasteiger partial charge in [-0.25, -0.2) is 4.98 Å². The molecule has 0 saturated carbocycles. The Balaban J connectivity index is 2.29. The Bertz CT molecular complexity index is 484. The van der Waals surface area contributed by atoms with Crippen LogP contribution in [0.4, 0.5) is 0 Å². The molecule has 0 spiro atoms. The molecule has 0 saturated heterocycles. The van der Waals surface area contributed by atoms with E-state index in [-0.39, 0.29) is 6.04 Å². The Hall–Kier alpha value is -0.650. The second kappa shape index (κ2) is 5.33. The number of nitrogens with zero attached hydrogens (tertiary/aromatic N) is 2. The summed E-state index contributed by atoms with van der Waals surface area (Å²) in [6.45, 7) is 5.20. The molecule has 0 aliphatic rings. The average Bonchev–Trinajstić information content (AvgIpc) is 2.87. The summed E-state index contributed by atoms with van der Waals surface area (Å²) >= 11 is 5.22. The van der Waals surface area contributed by atoms with Gasteiger partial charge in [-0.2, -0.15) is 0 Å².